The minimum absolute atomic E-state index is 0.0690. The predicted octanol–water partition coefficient (Wildman–Crippen LogP) is 3.71. The van der Waals surface area contributed by atoms with Crippen molar-refractivity contribution >= 4 is 28.0 Å². The Morgan fingerprint density at radius 3 is 2.97 bits per heavy atom. The average Bonchev–Trinajstić information content (AvgIpc) is 3.21. The molecule has 3 heterocycles. The number of aromatic nitrogens is 3. The Morgan fingerprint density at radius 1 is 1.37 bits per heavy atom. The predicted molar refractivity (Wildman–Crippen MR) is 114 cm³/mol. The SMILES string of the molecule is CCc1cc(Nc2ncnc3c2CN(Cc2c(OC)cccc2[N+](=O)[O-])CC3)sn1. The van der Waals surface area contributed by atoms with Crippen LogP contribution in [-0.4, -0.2) is 37.8 Å². The van der Waals surface area contributed by atoms with Gasteiger partial charge in [0.2, 0.25) is 0 Å². The average molecular weight is 427 g/mol. The number of nitrogens with zero attached hydrogens (tertiary/aromatic N) is 5. The number of rotatable bonds is 7. The third-order valence-corrected chi connectivity index (χ3v) is 5.89. The van der Waals surface area contributed by atoms with Crippen molar-refractivity contribution in [3.8, 4) is 5.75 Å². The van der Waals surface area contributed by atoms with Crippen LogP contribution in [0.1, 0.15) is 29.4 Å². The number of fused-ring (bicyclic) bond motifs is 1. The lowest BCUT2D eigenvalue weighted by Gasteiger charge is -2.29. The molecule has 0 aliphatic carbocycles. The largest absolute Gasteiger partial charge is 0.496 e. The number of aryl methyl sites for hydroxylation is 1. The zero-order valence-electron chi connectivity index (χ0n) is 16.8. The molecule has 0 atom stereocenters. The normalized spacial score (nSPS) is 13.7. The van der Waals surface area contributed by atoms with E-state index >= 15 is 0 Å². The van der Waals surface area contributed by atoms with Gasteiger partial charge in [0.1, 0.15) is 22.9 Å². The van der Waals surface area contributed by atoms with E-state index in [1.807, 2.05) is 6.07 Å². The molecule has 30 heavy (non-hydrogen) atoms. The first-order valence-electron chi connectivity index (χ1n) is 9.67. The molecule has 156 valence electrons. The first-order valence-corrected chi connectivity index (χ1v) is 10.4. The molecule has 0 fully saturated rings. The number of nitrogens with one attached hydrogen (secondary N) is 1. The molecule has 0 radical (unpaired) electrons. The number of methoxy groups -OCH3 is 1. The van der Waals surface area contributed by atoms with Crippen LogP contribution >= 0.6 is 11.5 Å². The number of anilines is 2. The van der Waals surface area contributed by atoms with Gasteiger partial charge in [0.05, 0.1) is 29.0 Å². The fourth-order valence-corrected chi connectivity index (χ4v) is 4.32. The summed E-state index contributed by atoms with van der Waals surface area (Å²) in [6.45, 7) is 3.82. The van der Waals surface area contributed by atoms with Crippen molar-refractivity contribution in [2.45, 2.75) is 32.9 Å². The lowest BCUT2D eigenvalue weighted by Crippen LogP contribution is -2.31. The number of hydrogen-bond donors (Lipinski definition) is 1. The van der Waals surface area contributed by atoms with E-state index < -0.39 is 0 Å². The summed E-state index contributed by atoms with van der Waals surface area (Å²) in [6, 6.07) is 6.94. The van der Waals surface area contributed by atoms with Crippen LogP contribution < -0.4 is 10.1 Å². The van der Waals surface area contributed by atoms with Crippen LogP contribution in [0.2, 0.25) is 0 Å². The molecular weight excluding hydrogens is 404 g/mol. The molecule has 1 N–H and O–H groups in total. The summed E-state index contributed by atoms with van der Waals surface area (Å²) < 4.78 is 9.80. The summed E-state index contributed by atoms with van der Waals surface area (Å²) in [7, 11) is 1.53. The van der Waals surface area contributed by atoms with Gasteiger partial charge in [-0.3, -0.25) is 15.0 Å². The quantitative estimate of drug-likeness (QED) is 0.450. The Kier molecular flexibility index (Phi) is 5.86. The Hall–Kier alpha value is -3.11. The van der Waals surface area contributed by atoms with Crippen molar-refractivity contribution in [3.05, 3.63) is 63.2 Å². The molecule has 0 bridgehead atoms. The molecule has 0 unspecified atom stereocenters. The van der Waals surface area contributed by atoms with Gasteiger partial charge < -0.3 is 10.1 Å². The van der Waals surface area contributed by atoms with E-state index in [1.165, 1.54) is 24.7 Å². The minimum atomic E-state index is -0.360. The highest BCUT2D eigenvalue weighted by atomic mass is 32.1. The Labute approximate surface area is 178 Å². The molecule has 1 aliphatic rings. The maximum Gasteiger partial charge on any atom is 0.277 e. The topological polar surface area (TPSA) is 106 Å². The third kappa shape index (κ3) is 4.10. The minimum Gasteiger partial charge on any atom is -0.496 e. The van der Waals surface area contributed by atoms with Crippen LogP contribution in [-0.2, 0) is 25.9 Å². The van der Waals surface area contributed by atoms with E-state index in [9.17, 15) is 10.1 Å². The number of nitro groups is 1. The van der Waals surface area contributed by atoms with Gasteiger partial charge in [-0.2, -0.15) is 4.37 Å². The van der Waals surface area contributed by atoms with Crippen LogP contribution in [0.5, 0.6) is 5.75 Å². The van der Waals surface area contributed by atoms with Crippen LogP contribution in [0.15, 0.2) is 30.6 Å². The van der Waals surface area contributed by atoms with Gasteiger partial charge in [0.15, 0.2) is 0 Å². The van der Waals surface area contributed by atoms with E-state index in [-0.39, 0.29) is 10.6 Å². The summed E-state index contributed by atoms with van der Waals surface area (Å²) in [5.74, 6) is 1.28. The van der Waals surface area contributed by atoms with Crippen molar-refractivity contribution in [2.24, 2.45) is 0 Å². The van der Waals surface area contributed by atoms with E-state index in [0.29, 0.717) is 24.4 Å². The number of benzene rings is 1. The summed E-state index contributed by atoms with van der Waals surface area (Å²) in [4.78, 5) is 22.2. The molecule has 1 aliphatic heterocycles. The molecular formula is C20H22N6O3S. The van der Waals surface area contributed by atoms with Gasteiger partial charge in [-0.1, -0.05) is 13.0 Å². The van der Waals surface area contributed by atoms with Crippen molar-refractivity contribution in [2.75, 3.05) is 19.0 Å². The molecule has 1 aromatic carbocycles. The van der Waals surface area contributed by atoms with Gasteiger partial charge in [0, 0.05) is 37.7 Å². The molecule has 9 nitrogen and oxygen atoms in total. The van der Waals surface area contributed by atoms with Crippen LogP contribution in [0.3, 0.4) is 0 Å². The Balaban J connectivity index is 1.59. The Morgan fingerprint density at radius 2 is 2.23 bits per heavy atom. The van der Waals surface area contributed by atoms with Crippen molar-refractivity contribution < 1.29 is 9.66 Å². The lowest BCUT2D eigenvalue weighted by atomic mass is 10.0. The fourth-order valence-electron chi connectivity index (χ4n) is 3.59. The number of hydrogen-bond acceptors (Lipinski definition) is 9. The van der Waals surface area contributed by atoms with E-state index in [1.54, 1.807) is 18.5 Å². The van der Waals surface area contributed by atoms with Gasteiger partial charge in [-0.25, -0.2) is 9.97 Å². The summed E-state index contributed by atoms with van der Waals surface area (Å²) >= 11 is 1.41. The second-order valence-electron chi connectivity index (χ2n) is 6.98. The van der Waals surface area contributed by atoms with Gasteiger partial charge >= 0.3 is 0 Å². The first kappa shape index (κ1) is 20.2. The molecule has 10 heteroatoms. The fraction of sp³-hybridized carbons (Fsp3) is 0.350. The molecule has 0 saturated heterocycles. The molecule has 3 aromatic rings. The van der Waals surface area contributed by atoms with E-state index in [4.69, 9.17) is 4.74 Å². The zero-order chi connectivity index (χ0) is 21.1. The van der Waals surface area contributed by atoms with Crippen molar-refractivity contribution in [1.29, 1.82) is 0 Å². The monoisotopic (exact) mass is 426 g/mol. The molecule has 4 rings (SSSR count). The highest BCUT2D eigenvalue weighted by Gasteiger charge is 2.26. The van der Waals surface area contributed by atoms with Crippen LogP contribution in [0.25, 0.3) is 0 Å². The Bertz CT molecular complexity index is 1070. The second-order valence-corrected chi connectivity index (χ2v) is 7.79. The summed E-state index contributed by atoms with van der Waals surface area (Å²) in [5.41, 5.74) is 3.69. The highest BCUT2D eigenvalue weighted by molar-refractivity contribution is 7.10. The van der Waals surface area contributed by atoms with E-state index in [2.05, 4.69) is 31.5 Å². The first-order chi connectivity index (χ1) is 14.6. The number of ether oxygens (including phenoxy) is 1. The smallest absolute Gasteiger partial charge is 0.277 e. The standard InChI is InChI=1S/C20H22N6O3S/c1-3-13-9-19(30-24-13)23-20-14-10-25(8-7-16(14)21-12-22-20)11-15-17(26(27)28)5-4-6-18(15)29-2/h4-6,9,12H,3,7-8,10-11H2,1-2H3,(H,21,22,23). The van der Waals surface area contributed by atoms with Crippen molar-refractivity contribution in [3.63, 3.8) is 0 Å². The molecule has 0 amide bonds. The zero-order valence-corrected chi connectivity index (χ0v) is 17.6. The lowest BCUT2D eigenvalue weighted by molar-refractivity contribution is -0.385. The van der Waals surface area contributed by atoms with Gasteiger partial charge in [-0.05, 0) is 30.1 Å². The maximum atomic E-state index is 11.5. The summed E-state index contributed by atoms with van der Waals surface area (Å²) in [5, 5.41) is 15.8. The highest BCUT2D eigenvalue weighted by Crippen LogP contribution is 2.33. The van der Waals surface area contributed by atoms with E-state index in [0.717, 1.165) is 47.2 Å². The third-order valence-electron chi connectivity index (χ3n) is 5.15. The van der Waals surface area contributed by atoms with Crippen LogP contribution in [0.4, 0.5) is 16.5 Å². The number of nitro benzene ring substituents is 1. The summed E-state index contributed by atoms with van der Waals surface area (Å²) in [6.07, 6.45) is 3.20. The molecule has 0 saturated carbocycles. The molecule has 0 spiro atoms. The van der Waals surface area contributed by atoms with Crippen molar-refractivity contribution in [1.82, 2.24) is 19.2 Å². The molecule has 2 aromatic heterocycles. The van der Waals surface area contributed by atoms with Crippen LogP contribution in [0, 0.1) is 10.1 Å². The van der Waals surface area contributed by atoms with Gasteiger partial charge in [0.25, 0.3) is 5.69 Å². The second kappa shape index (κ2) is 8.72. The van der Waals surface area contributed by atoms with Gasteiger partial charge in [-0.15, -0.1) is 0 Å². The maximum absolute atomic E-state index is 11.5.